The van der Waals surface area contributed by atoms with Crippen LogP contribution in [0.2, 0.25) is 0 Å². The van der Waals surface area contributed by atoms with Crippen LogP contribution in [0.4, 0.5) is 11.4 Å². The number of ether oxygens (including phenoxy) is 2. The Balaban J connectivity index is 1.89. The zero-order chi connectivity index (χ0) is 26.7. The second-order valence-corrected chi connectivity index (χ2v) is 10.1. The highest BCUT2D eigenvalue weighted by Crippen LogP contribution is 2.39. The Morgan fingerprint density at radius 1 is 0.973 bits per heavy atom. The Hall–Kier alpha value is -4.18. The van der Waals surface area contributed by atoms with Crippen molar-refractivity contribution in [2.45, 2.75) is 36.1 Å². The molecular formula is C27H26N2O7S. The molecule has 10 heteroatoms. The van der Waals surface area contributed by atoms with Crippen LogP contribution in [0, 0.1) is 0 Å². The molecule has 1 aliphatic heterocycles. The number of carbonyl (C=O) groups is 3. The number of sulfone groups is 1. The van der Waals surface area contributed by atoms with Gasteiger partial charge in [0.1, 0.15) is 11.8 Å². The fraction of sp³-hybridized carbons (Fsp3) is 0.222. The average molecular weight is 523 g/mol. The quantitative estimate of drug-likeness (QED) is 0.464. The molecule has 1 aliphatic rings. The minimum atomic E-state index is -4.16. The highest BCUT2D eigenvalue weighted by molar-refractivity contribution is 7.91. The summed E-state index contributed by atoms with van der Waals surface area (Å²) in [6, 6.07) is 15.4. The zero-order valence-electron chi connectivity index (χ0n) is 20.6. The maximum atomic E-state index is 13.9. The number of fused-ring (bicyclic) bond motifs is 2. The third-order valence-corrected chi connectivity index (χ3v) is 7.84. The summed E-state index contributed by atoms with van der Waals surface area (Å²) in [5, 5.41) is 2.79. The molecule has 0 fully saturated rings. The summed E-state index contributed by atoms with van der Waals surface area (Å²) in [6.45, 7) is 3.47. The number of hydrogen-bond acceptors (Lipinski definition) is 7. The van der Waals surface area contributed by atoms with Crippen molar-refractivity contribution in [2.75, 3.05) is 23.9 Å². The van der Waals surface area contributed by atoms with Crippen molar-refractivity contribution < 1.29 is 32.3 Å². The molecule has 37 heavy (non-hydrogen) atoms. The second kappa shape index (κ2) is 10.4. The van der Waals surface area contributed by atoms with Gasteiger partial charge in [0.2, 0.25) is 15.7 Å². The van der Waals surface area contributed by atoms with Gasteiger partial charge in [-0.05, 0) is 55.8 Å². The van der Waals surface area contributed by atoms with Crippen LogP contribution in [-0.4, -0.2) is 46.0 Å². The third-order valence-electron chi connectivity index (χ3n) is 5.98. The molecule has 192 valence electrons. The fourth-order valence-corrected chi connectivity index (χ4v) is 5.85. The summed E-state index contributed by atoms with van der Waals surface area (Å²) in [5.74, 6) is -1.35. The van der Waals surface area contributed by atoms with E-state index in [-0.39, 0.29) is 39.6 Å². The van der Waals surface area contributed by atoms with Gasteiger partial charge in [0.15, 0.2) is 0 Å². The molecule has 0 aliphatic carbocycles. The van der Waals surface area contributed by atoms with Gasteiger partial charge in [0.25, 0.3) is 5.91 Å². The second-order valence-electron chi connectivity index (χ2n) is 8.22. The van der Waals surface area contributed by atoms with E-state index in [1.807, 2.05) is 0 Å². The minimum absolute atomic E-state index is 0.0580. The predicted molar refractivity (Wildman–Crippen MR) is 137 cm³/mol. The minimum Gasteiger partial charge on any atom is -0.497 e. The molecule has 2 amide bonds. The van der Waals surface area contributed by atoms with E-state index in [0.717, 1.165) is 4.90 Å². The molecule has 0 aromatic heterocycles. The largest absolute Gasteiger partial charge is 0.497 e. The SMILES string of the molecule is CCOC(=O)c1ccc2c(c1)N([C@@H](CC)C(=O)Nc1cccc(OC)c1)C(=O)c1ccccc1S2(=O)=O. The normalized spacial score (nSPS) is 14.6. The maximum absolute atomic E-state index is 13.9. The number of carbonyl (C=O) groups excluding carboxylic acids is 3. The Morgan fingerprint density at radius 2 is 1.73 bits per heavy atom. The summed E-state index contributed by atoms with van der Waals surface area (Å²) >= 11 is 0. The number of methoxy groups -OCH3 is 1. The zero-order valence-corrected chi connectivity index (χ0v) is 21.4. The molecule has 0 bridgehead atoms. The van der Waals surface area contributed by atoms with Crippen molar-refractivity contribution in [3.05, 3.63) is 77.9 Å². The summed E-state index contributed by atoms with van der Waals surface area (Å²) in [4.78, 5) is 40.7. The van der Waals surface area contributed by atoms with Crippen LogP contribution in [0.25, 0.3) is 0 Å². The van der Waals surface area contributed by atoms with Gasteiger partial charge >= 0.3 is 5.97 Å². The van der Waals surface area contributed by atoms with E-state index in [4.69, 9.17) is 9.47 Å². The van der Waals surface area contributed by atoms with Gasteiger partial charge in [0, 0.05) is 11.8 Å². The van der Waals surface area contributed by atoms with Crippen LogP contribution < -0.4 is 15.0 Å². The van der Waals surface area contributed by atoms with Crippen LogP contribution >= 0.6 is 0 Å². The maximum Gasteiger partial charge on any atom is 0.338 e. The molecule has 3 aromatic carbocycles. The van der Waals surface area contributed by atoms with E-state index < -0.39 is 33.7 Å². The number of amides is 2. The van der Waals surface area contributed by atoms with Crippen molar-refractivity contribution in [1.82, 2.24) is 0 Å². The number of benzene rings is 3. The molecule has 0 unspecified atom stereocenters. The van der Waals surface area contributed by atoms with Gasteiger partial charge in [-0.1, -0.05) is 25.1 Å². The van der Waals surface area contributed by atoms with E-state index >= 15 is 0 Å². The van der Waals surface area contributed by atoms with Gasteiger partial charge in [-0.25, -0.2) is 13.2 Å². The lowest BCUT2D eigenvalue weighted by Crippen LogP contribution is -2.47. The highest BCUT2D eigenvalue weighted by Gasteiger charge is 2.40. The lowest BCUT2D eigenvalue weighted by Gasteiger charge is -2.30. The molecule has 0 saturated heterocycles. The van der Waals surface area contributed by atoms with Crippen molar-refractivity contribution in [3.8, 4) is 5.75 Å². The van der Waals surface area contributed by atoms with Gasteiger partial charge in [-0.3, -0.25) is 14.5 Å². The van der Waals surface area contributed by atoms with Crippen LogP contribution in [-0.2, 0) is 19.4 Å². The van der Waals surface area contributed by atoms with E-state index in [2.05, 4.69) is 5.32 Å². The number of nitrogens with one attached hydrogen (secondary N) is 1. The molecule has 1 N–H and O–H groups in total. The monoisotopic (exact) mass is 522 g/mol. The number of rotatable bonds is 7. The van der Waals surface area contributed by atoms with E-state index in [0.29, 0.717) is 11.4 Å². The Morgan fingerprint density at radius 3 is 2.43 bits per heavy atom. The standard InChI is InChI=1S/C27H26N2O7S/c1-4-21(25(30)28-18-9-8-10-19(16-18)35-3)29-22-15-17(27(32)36-5-2)13-14-24(22)37(33,34)23-12-7-6-11-20(23)26(29)31/h6-16,21H,4-5H2,1-3H3,(H,28,30)/t21-/m0/s1. The van der Waals surface area contributed by atoms with E-state index in [1.54, 1.807) is 44.2 Å². The Labute approximate surface area is 214 Å². The summed E-state index contributed by atoms with van der Waals surface area (Å²) in [5.41, 5.74) is 0.365. The van der Waals surface area contributed by atoms with Gasteiger partial charge in [-0.2, -0.15) is 0 Å². The molecule has 1 heterocycles. The molecule has 4 rings (SSSR count). The number of anilines is 2. The molecule has 3 aromatic rings. The first-order chi connectivity index (χ1) is 17.7. The van der Waals surface area contributed by atoms with Crippen molar-refractivity contribution in [3.63, 3.8) is 0 Å². The Bertz CT molecular complexity index is 1480. The number of nitrogens with zero attached hydrogens (tertiary/aromatic N) is 1. The van der Waals surface area contributed by atoms with Crippen LogP contribution in [0.3, 0.4) is 0 Å². The molecule has 0 radical (unpaired) electrons. The predicted octanol–water partition coefficient (Wildman–Crippen LogP) is 4.08. The smallest absolute Gasteiger partial charge is 0.338 e. The average Bonchev–Trinajstić information content (AvgIpc) is 2.97. The molecule has 9 nitrogen and oxygen atoms in total. The lowest BCUT2D eigenvalue weighted by molar-refractivity contribution is -0.117. The van der Waals surface area contributed by atoms with E-state index in [9.17, 15) is 22.8 Å². The molecule has 1 atom stereocenters. The van der Waals surface area contributed by atoms with Gasteiger partial charge in [0.05, 0.1) is 40.3 Å². The van der Waals surface area contributed by atoms with Crippen molar-refractivity contribution in [2.24, 2.45) is 0 Å². The molecular weight excluding hydrogens is 496 g/mol. The summed E-state index contributed by atoms with van der Waals surface area (Å²) in [6.07, 6.45) is 0.160. The molecule has 0 saturated carbocycles. The summed E-state index contributed by atoms with van der Waals surface area (Å²) in [7, 11) is -2.65. The van der Waals surface area contributed by atoms with Crippen LogP contribution in [0.15, 0.2) is 76.5 Å². The van der Waals surface area contributed by atoms with Crippen molar-refractivity contribution >= 4 is 39.0 Å². The summed E-state index contributed by atoms with van der Waals surface area (Å²) < 4.78 is 37.6. The lowest BCUT2D eigenvalue weighted by atomic mass is 10.1. The van der Waals surface area contributed by atoms with Crippen molar-refractivity contribution in [1.29, 1.82) is 0 Å². The molecule has 0 spiro atoms. The third kappa shape index (κ3) is 4.79. The van der Waals surface area contributed by atoms with Crippen LogP contribution in [0.5, 0.6) is 5.75 Å². The van der Waals surface area contributed by atoms with E-state index in [1.165, 1.54) is 43.5 Å². The van der Waals surface area contributed by atoms with Crippen LogP contribution in [0.1, 0.15) is 41.0 Å². The Kier molecular flexibility index (Phi) is 7.30. The number of hydrogen-bond donors (Lipinski definition) is 1. The van der Waals surface area contributed by atoms with Gasteiger partial charge < -0.3 is 14.8 Å². The first kappa shape index (κ1) is 25.9. The first-order valence-corrected chi connectivity index (χ1v) is 13.1. The highest BCUT2D eigenvalue weighted by atomic mass is 32.2. The first-order valence-electron chi connectivity index (χ1n) is 11.7. The fourth-order valence-electron chi connectivity index (χ4n) is 4.23. The topological polar surface area (TPSA) is 119 Å². The van der Waals surface area contributed by atoms with Gasteiger partial charge in [-0.15, -0.1) is 0 Å². The number of esters is 1.